The molecule has 24 heavy (non-hydrogen) atoms. The van der Waals surface area contributed by atoms with E-state index < -0.39 is 0 Å². The number of aryl methyl sites for hydroxylation is 1. The first-order valence-corrected chi connectivity index (χ1v) is 7.74. The molecule has 3 rings (SSSR count). The molecule has 7 nitrogen and oxygen atoms in total. The van der Waals surface area contributed by atoms with Crippen LogP contribution < -0.4 is 4.74 Å². The minimum absolute atomic E-state index is 0.0571. The molecular weight excluding hydrogens is 310 g/mol. The highest BCUT2D eigenvalue weighted by atomic mass is 16.5. The van der Waals surface area contributed by atoms with Crippen molar-refractivity contribution >= 4 is 11.8 Å². The summed E-state index contributed by atoms with van der Waals surface area (Å²) in [6.07, 6.45) is 0. The number of ether oxygens (including phenoxy) is 1. The third-order valence-corrected chi connectivity index (χ3v) is 4.02. The van der Waals surface area contributed by atoms with E-state index in [0.717, 1.165) is 0 Å². The van der Waals surface area contributed by atoms with Gasteiger partial charge < -0.3 is 19.1 Å². The average Bonchev–Trinajstić information content (AvgIpc) is 3.07. The molecule has 1 aliphatic rings. The SMILES string of the molecule is COc1cccc(C(=O)N2CCN(C(=O)c3cc(C)on3)CC2)c1. The maximum absolute atomic E-state index is 12.6. The molecule has 1 fully saturated rings. The molecule has 126 valence electrons. The summed E-state index contributed by atoms with van der Waals surface area (Å²) in [5.74, 6) is 1.03. The van der Waals surface area contributed by atoms with Gasteiger partial charge in [-0.15, -0.1) is 0 Å². The van der Waals surface area contributed by atoms with Crippen molar-refractivity contribution in [1.29, 1.82) is 0 Å². The van der Waals surface area contributed by atoms with Gasteiger partial charge >= 0.3 is 0 Å². The number of benzene rings is 1. The molecule has 7 heteroatoms. The summed E-state index contributed by atoms with van der Waals surface area (Å²) in [6.45, 7) is 3.66. The summed E-state index contributed by atoms with van der Waals surface area (Å²) in [5.41, 5.74) is 0.890. The summed E-state index contributed by atoms with van der Waals surface area (Å²) in [7, 11) is 1.57. The van der Waals surface area contributed by atoms with Crippen molar-refractivity contribution in [2.45, 2.75) is 6.92 Å². The van der Waals surface area contributed by atoms with E-state index in [1.165, 1.54) is 0 Å². The van der Waals surface area contributed by atoms with E-state index in [4.69, 9.17) is 9.26 Å². The van der Waals surface area contributed by atoms with Crippen molar-refractivity contribution in [3.05, 3.63) is 47.3 Å². The van der Waals surface area contributed by atoms with E-state index in [0.29, 0.717) is 48.9 Å². The Balaban J connectivity index is 1.62. The molecule has 0 spiro atoms. The van der Waals surface area contributed by atoms with Crippen LogP contribution in [0.3, 0.4) is 0 Å². The Morgan fingerprint density at radius 1 is 1.08 bits per heavy atom. The highest BCUT2D eigenvalue weighted by Crippen LogP contribution is 2.16. The minimum Gasteiger partial charge on any atom is -0.497 e. The van der Waals surface area contributed by atoms with Crippen molar-refractivity contribution < 1.29 is 18.8 Å². The fraction of sp³-hybridized carbons (Fsp3) is 0.353. The molecule has 2 heterocycles. The fourth-order valence-corrected chi connectivity index (χ4v) is 2.68. The maximum Gasteiger partial charge on any atom is 0.276 e. The fourth-order valence-electron chi connectivity index (χ4n) is 2.68. The molecule has 0 unspecified atom stereocenters. The maximum atomic E-state index is 12.6. The van der Waals surface area contributed by atoms with Gasteiger partial charge in [0.1, 0.15) is 11.5 Å². The van der Waals surface area contributed by atoms with Gasteiger partial charge in [-0.2, -0.15) is 0 Å². The van der Waals surface area contributed by atoms with Gasteiger partial charge in [0.25, 0.3) is 11.8 Å². The van der Waals surface area contributed by atoms with E-state index in [-0.39, 0.29) is 11.8 Å². The third kappa shape index (κ3) is 3.24. The number of methoxy groups -OCH3 is 1. The smallest absolute Gasteiger partial charge is 0.276 e. The number of carbonyl (C=O) groups is 2. The second-order valence-corrected chi connectivity index (χ2v) is 5.64. The van der Waals surface area contributed by atoms with Crippen LogP contribution in [0.1, 0.15) is 26.6 Å². The predicted molar refractivity (Wildman–Crippen MR) is 86.0 cm³/mol. The molecule has 0 atom stereocenters. The van der Waals surface area contributed by atoms with Crippen molar-refractivity contribution in [3.63, 3.8) is 0 Å². The topological polar surface area (TPSA) is 75.9 Å². The Bertz CT molecular complexity index is 748. The highest BCUT2D eigenvalue weighted by Gasteiger charge is 2.27. The molecule has 0 N–H and O–H groups in total. The van der Waals surface area contributed by atoms with Crippen LogP contribution in [-0.2, 0) is 0 Å². The third-order valence-electron chi connectivity index (χ3n) is 4.02. The first-order valence-electron chi connectivity index (χ1n) is 7.74. The largest absolute Gasteiger partial charge is 0.497 e. The summed E-state index contributed by atoms with van der Waals surface area (Å²) in [6, 6.07) is 8.70. The van der Waals surface area contributed by atoms with Gasteiger partial charge in [-0.1, -0.05) is 11.2 Å². The monoisotopic (exact) mass is 329 g/mol. The molecule has 0 saturated carbocycles. The van der Waals surface area contributed by atoms with Crippen LogP contribution in [0, 0.1) is 6.92 Å². The molecule has 2 aromatic rings. The van der Waals surface area contributed by atoms with Gasteiger partial charge in [-0.05, 0) is 25.1 Å². The van der Waals surface area contributed by atoms with Gasteiger partial charge in [0.05, 0.1) is 7.11 Å². The Hall–Kier alpha value is -2.83. The molecule has 1 aromatic heterocycles. The molecule has 0 aliphatic carbocycles. The first-order chi connectivity index (χ1) is 11.6. The quantitative estimate of drug-likeness (QED) is 0.855. The highest BCUT2D eigenvalue weighted by molar-refractivity contribution is 5.95. The summed E-state index contributed by atoms with van der Waals surface area (Å²) >= 11 is 0. The number of rotatable bonds is 3. The second kappa shape index (κ2) is 6.74. The van der Waals surface area contributed by atoms with Crippen LogP contribution in [0.25, 0.3) is 0 Å². The Kier molecular flexibility index (Phi) is 4.50. The van der Waals surface area contributed by atoms with Crippen molar-refractivity contribution in [3.8, 4) is 5.75 Å². The van der Waals surface area contributed by atoms with Crippen LogP contribution >= 0.6 is 0 Å². The predicted octanol–water partition coefficient (Wildman–Crippen LogP) is 1.59. The number of aromatic nitrogens is 1. The van der Waals surface area contributed by atoms with Gasteiger partial charge in [0.15, 0.2) is 5.69 Å². The molecule has 1 saturated heterocycles. The van der Waals surface area contributed by atoms with Gasteiger partial charge in [-0.3, -0.25) is 9.59 Å². The average molecular weight is 329 g/mol. The number of carbonyl (C=O) groups excluding carboxylic acids is 2. The van der Waals surface area contributed by atoms with Crippen LogP contribution in [0.4, 0.5) is 0 Å². The lowest BCUT2D eigenvalue weighted by Gasteiger charge is -2.34. The zero-order valence-electron chi connectivity index (χ0n) is 13.7. The Morgan fingerprint density at radius 3 is 2.33 bits per heavy atom. The molecule has 1 aliphatic heterocycles. The lowest BCUT2D eigenvalue weighted by molar-refractivity contribution is 0.0529. The summed E-state index contributed by atoms with van der Waals surface area (Å²) in [4.78, 5) is 28.3. The summed E-state index contributed by atoms with van der Waals surface area (Å²) < 4.78 is 10.1. The van der Waals surface area contributed by atoms with Crippen LogP contribution in [0.5, 0.6) is 5.75 Å². The lowest BCUT2D eigenvalue weighted by atomic mass is 10.1. The van der Waals surface area contributed by atoms with E-state index in [1.54, 1.807) is 54.2 Å². The normalized spacial score (nSPS) is 14.6. The minimum atomic E-state index is -0.166. The standard InChI is InChI=1S/C17H19N3O4/c1-12-10-15(18-24-12)17(22)20-8-6-19(7-9-20)16(21)13-4-3-5-14(11-13)23-2/h3-5,10-11H,6-9H2,1-2H3. The number of nitrogens with zero attached hydrogens (tertiary/aromatic N) is 3. The van der Waals surface area contributed by atoms with Crippen LogP contribution in [0.15, 0.2) is 34.9 Å². The number of amides is 2. The summed E-state index contributed by atoms with van der Waals surface area (Å²) in [5, 5.41) is 3.75. The Labute approximate surface area is 139 Å². The van der Waals surface area contributed by atoms with E-state index in [1.807, 2.05) is 0 Å². The first kappa shape index (κ1) is 16.0. The molecule has 1 aromatic carbocycles. The molecule has 0 radical (unpaired) electrons. The van der Waals surface area contributed by atoms with E-state index >= 15 is 0 Å². The second-order valence-electron chi connectivity index (χ2n) is 5.64. The number of hydrogen-bond donors (Lipinski definition) is 0. The number of piperazine rings is 1. The molecule has 0 bridgehead atoms. The van der Waals surface area contributed by atoms with Gasteiger partial charge in [0, 0.05) is 37.8 Å². The lowest BCUT2D eigenvalue weighted by Crippen LogP contribution is -2.50. The molecular formula is C17H19N3O4. The van der Waals surface area contributed by atoms with E-state index in [2.05, 4.69) is 5.16 Å². The van der Waals surface area contributed by atoms with Crippen molar-refractivity contribution in [2.24, 2.45) is 0 Å². The van der Waals surface area contributed by atoms with E-state index in [9.17, 15) is 9.59 Å². The van der Waals surface area contributed by atoms with Crippen LogP contribution in [-0.4, -0.2) is 60.1 Å². The zero-order valence-corrected chi connectivity index (χ0v) is 13.7. The Morgan fingerprint density at radius 2 is 1.75 bits per heavy atom. The van der Waals surface area contributed by atoms with Crippen molar-refractivity contribution in [1.82, 2.24) is 15.0 Å². The molecule has 2 amide bonds. The van der Waals surface area contributed by atoms with Crippen LogP contribution in [0.2, 0.25) is 0 Å². The van der Waals surface area contributed by atoms with Gasteiger partial charge in [-0.25, -0.2) is 0 Å². The van der Waals surface area contributed by atoms with Gasteiger partial charge in [0.2, 0.25) is 0 Å². The van der Waals surface area contributed by atoms with Crippen molar-refractivity contribution in [2.75, 3.05) is 33.3 Å². The number of hydrogen-bond acceptors (Lipinski definition) is 5. The zero-order chi connectivity index (χ0) is 17.1.